The molecule has 4 heteroatoms. The fourth-order valence-electron chi connectivity index (χ4n) is 3.91. The van der Waals surface area contributed by atoms with Crippen LogP contribution in [0.25, 0.3) is 0 Å². The van der Waals surface area contributed by atoms with Gasteiger partial charge in [0.05, 0.1) is 11.8 Å². The van der Waals surface area contributed by atoms with Gasteiger partial charge in [-0.1, -0.05) is 84.8 Å². The van der Waals surface area contributed by atoms with Crippen molar-refractivity contribution in [3.63, 3.8) is 0 Å². The molecule has 1 rings (SSSR count). The van der Waals surface area contributed by atoms with Gasteiger partial charge in [-0.05, 0) is 37.5 Å². The molecule has 0 fully saturated rings. The van der Waals surface area contributed by atoms with E-state index >= 15 is 0 Å². The van der Waals surface area contributed by atoms with E-state index in [2.05, 4.69) is 27.7 Å². The van der Waals surface area contributed by atoms with Crippen molar-refractivity contribution in [3.05, 3.63) is 12.2 Å². The molecule has 1 aliphatic carbocycles. The van der Waals surface area contributed by atoms with Crippen LogP contribution in [0.1, 0.15) is 98.3 Å². The molecule has 0 saturated carbocycles. The summed E-state index contributed by atoms with van der Waals surface area (Å²) >= 11 is 0. The summed E-state index contributed by atoms with van der Waals surface area (Å²) in [6.45, 7) is 8.79. The normalized spacial score (nSPS) is 21.5. The van der Waals surface area contributed by atoms with E-state index in [9.17, 15) is 14.7 Å². The summed E-state index contributed by atoms with van der Waals surface area (Å²) in [6, 6.07) is 0. The van der Waals surface area contributed by atoms with Gasteiger partial charge in [0.2, 0.25) is 0 Å². The number of rotatable bonds is 14. The van der Waals surface area contributed by atoms with Crippen LogP contribution in [0.2, 0.25) is 0 Å². The van der Waals surface area contributed by atoms with Gasteiger partial charge in [0, 0.05) is 0 Å². The summed E-state index contributed by atoms with van der Waals surface area (Å²) in [5, 5.41) is 9.40. The smallest absolute Gasteiger partial charge is 0.310 e. The fraction of sp³-hybridized carbons (Fsp3) is 0.833. The molecule has 0 aromatic rings. The van der Waals surface area contributed by atoms with Crippen LogP contribution >= 0.6 is 0 Å². The lowest BCUT2D eigenvalue weighted by Gasteiger charge is -2.28. The van der Waals surface area contributed by atoms with E-state index in [1.807, 2.05) is 12.2 Å². The maximum atomic E-state index is 12.7. The van der Waals surface area contributed by atoms with Crippen molar-refractivity contribution in [2.45, 2.75) is 104 Å². The number of aliphatic carboxylic acids is 1. The molecular formula is C24H42O4. The van der Waals surface area contributed by atoms with Crippen LogP contribution in [0.4, 0.5) is 0 Å². The molecule has 0 bridgehead atoms. The van der Waals surface area contributed by atoms with Crippen LogP contribution < -0.4 is 0 Å². The molecule has 1 aliphatic rings. The molecule has 4 nitrogen and oxygen atoms in total. The number of carboxylic acid groups (broad SMARTS) is 1. The second-order valence-electron chi connectivity index (χ2n) is 8.95. The zero-order valence-corrected chi connectivity index (χ0v) is 18.5. The molecule has 1 N–H and O–H groups in total. The first-order valence-electron chi connectivity index (χ1n) is 11.4. The number of ether oxygens (including phenoxy) is 1. The predicted octanol–water partition coefficient (Wildman–Crippen LogP) is 6.39. The van der Waals surface area contributed by atoms with E-state index in [0.717, 1.165) is 25.2 Å². The molecule has 0 aromatic carbocycles. The average Bonchev–Trinajstić information content (AvgIpc) is 2.67. The molecule has 0 saturated heterocycles. The first-order valence-corrected chi connectivity index (χ1v) is 11.4. The van der Waals surface area contributed by atoms with Crippen molar-refractivity contribution in [3.8, 4) is 0 Å². The van der Waals surface area contributed by atoms with Gasteiger partial charge in [-0.25, -0.2) is 0 Å². The molecule has 4 atom stereocenters. The maximum absolute atomic E-state index is 12.7. The third-order valence-electron chi connectivity index (χ3n) is 6.12. The van der Waals surface area contributed by atoms with Crippen molar-refractivity contribution < 1.29 is 19.4 Å². The van der Waals surface area contributed by atoms with Gasteiger partial charge in [-0.3, -0.25) is 9.59 Å². The summed E-state index contributed by atoms with van der Waals surface area (Å²) in [4.78, 5) is 24.1. The second kappa shape index (κ2) is 13.8. The van der Waals surface area contributed by atoms with E-state index in [1.165, 1.54) is 38.5 Å². The van der Waals surface area contributed by atoms with Gasteiger partial charge >= 0.3 is 11.9 Å². The molecular weight excluding hydrogens is 352 g/mol. The number of hydrogen-bond donors (Lipinski definition) is 1. The van der Waals surface area contributed by atoms with Crippen LogP contribution in [0, 0.1) is 23.7 Å². The van der Waals surface area contributed by atoms with Gasteiger partial charge in [0.15, 0.2) is 0 Å². The van der Waals surface area contributed by atoms with E-state index in [1.54, 1.807) is 0 Å². The maximum Gasteiger partial charge on any atom is 0.310 e. The Balaban J connectivity index is 2.40. The Bertz CT molecular complexity index is 483. The number of carboxylic acids is 1. The molecule has 0 amide bonds. The topological polar surface area (TPSA) is 63.6 Å². The van der Waals surface area contributed by atoms with Crippen LogP contribution in [0.15, 0.2) is 12.2 Å². The molecule has 4 unspecified atom stereocenters. The molecule has 0 aliphatic heterocycles. The Morgan fingerprint density at radius 2 is 1.46 bits per heavy atom. The lowest BCUT2D eigenvalue weighted by Crippen LogP contribution is -2.36. The minimum atomic E-state index is -0.899. The van der Waals surface area contributed by atoms with Gasteiger partial charge in [0.1, 0.15) is 6.10 Å². The van der Waals surface area contributed by atoms with Gasteiger partial charge in [-0.2, -0.15) is 0 Å². The minimum Gasteiger partial charge on any atom is -0.481 e. The average molecular weight is 395 g/mol. The van der Waals surface area contributed by atoms with Crippen LogP contribution in [-0.2, 0) is 14.3 Å². The van der Waals surface area contributed by atoms with Crippen molar-refractivity contribution in [2.75, 3.05) is 0 Å². The van der Waals surface area contributed by atoms with Crippen molar-refractivity contribution in [1.82, 2.24) is 0 Å². The van der Waals surface area contributed by atoms with Gasteiger partial charge in [0.25, 0.3) is 0 Å². The monoisotopic (exact) mass is 394 g/mol. The predicted molar refractivity (Wildman–Crippen MR) is 114 cm³/mol. The Morgan fingerprint density at radius 1 is 0.929 bits per heavy atom. The van der Waals surface area contributed by atoms with Crippen LogP contribution in [0.3, 0.4) is 0 Å². The number of carbonyl (C=O) groups is 2. The van der Waals surface area contributed by atoms with Gasteiger partial charge < -0.3 is 9.84 Å². The SMILES string of the molecule is CCC(C)C(CCCCCCCCC(C)C)OC(=O)C1CC=CCC1C(=O)O. The molecule has 0 heterocycles. The first kappa shape index (κ1) is 24.7. The molecule has 0 spiro atoms. The third-order valence-corrected chi connectivity index (χ3v) is 6.12. The van der Waals surface area contributed by atoms with E-state index in [4.69, 9.17) is 4.74 Å². The zero-order valence-electron chi connectivity index (χ0n) is 18.5. The van der Waals surface area contributed by atoms with Crippen molar-refractivity contribution in [2.24, 2.45) is 23.7 Å². The molecule has 0 aromatic heterocycles. The quantitative estimate of drug-likeness (QED) is 0.211. The Labute approximate surface area is 172 Å². The number of unbranched alkanes of at least 4 members (excludes halogenated alkanes) is 5. The Hall–Kier alpha value is -1.32. The summed E-state index contributed by atoms with van der Waals surface area (Å²) in [5.41, 5.74) is 0. The highest BCUT2D eigenvalue weighted by Gasteiger charge is 2.36. The molecule has 28 heavy (non-hydrogen) atoms. The van der Waals surface area contributed by atoms with Crippen molar-refractivity contribution in [1.29, 1.82) is 0 Å². The Morgan fingerprint density at radius 3 is 2.00 bits per heavy atom. The highest BCUT2D eigenvalue weighted by Crippen LogP contribution is 2.29. The van der Waals surface area contributed by atoms with Crippen molar-refractivity contribution >= 4 is 11.9 Å². The lowest BCUT2D eigenvalue weighted by molar-refractivity contribution is -0.164. The molecule has 162 valence electrons. The zero-order chi connectivity index (χ0) is 20.9. The number of carbonyl (C=O) groups excluding carboxylic acids is 1. The first-order chi connectivity index (χ1) is 13.4. The third kappa shape index (κ3) is 9.25. The fourth-order valence-corrected chi connectivity index (χ4v) is 3.91. The number of esters is 1. The number of allylic oxidation sites excluding steroid dienone is 2. The lowest BCUT2D eigenvalue weighted by atomic mass is 9.83. The largest absolute Gasteiger partial charge is 0.481 e. The van der Waals surface area contributed by atoms with E-state index in [0.29, 0.717) is 18.8 Å². The standard InChI is InChI=1S/C24H42O4/c1-5-19(4)22(17-11-9-7-6-8-10-14-18(2)3)28-24(27)21-16-13-12-15-20(21)23(25)26/h12-13,18-22H,5-11,14-17H2,1-4H3,(H,25,26). The highest BCUT2D eigenvalue weighted by molar-refractivity contribution is 5.81. The van der Waals surface area contributed by atoms with E-state index in [-0.39, 0.29) is 12.1 Å². The summed E-state index contributed by atoms with van der Waals surface area (Å²) in [5.74, 6) is -1.32. The van der Waals surface area contributed by atoms with Crippen LogP contribution in [-0.4, -0.2) is 23.1 Å². The molecule has 0 radical (unpaired) electrons. The van der Waals surface area contributed by atoms with E-state index < -0.39 is 17.8 Å². The summed E-state index contributed by atoms with van der Waals surface area (Å²) in [6.07, 6.45) is 15.1. The second-order valence-corrected chi connectivity index (χ2v) is 8.95. The Kier molecular flexibility index (Phi) is 12.2. The number of hydrogen-bond acceptors (Lipinski definition) is 3. The van der Waals surface area contributed by atoms with Gasteiger partial charge in [-0.15, -0.1) is 0 Å². The summed E-state index contributed by atoms with van der Waals surface area (Å²) < 4.78 is 5.86. The van der Waals surface area contributed by atoms with Crippen LogP contribution in [0.5, 0.6) is 0 Å². The summed E-state index contributed by atoms with van der Waals surface area (Å²) in [7, 11) is 0. The minimum absolute atomic E-state index is 0.0983. The highest BCUT2D eigenvalue weighted by atomic mass is 16.5.